The number of halogens is 2. The average molecular weight is 343 g/mol. The minimum absolute atomic E-state index is 0.609. The van der Waals surface area contributed by atoms with Crippen molar-refractivity contribution in [3.63, 3.8) is 0 Å². The van der Waals surface area contributed by atoms with Crippen LogP contribution in [0.15, 0.2) is 29.0 Å². The highest BCUT2D eigenvalue weighted by atomic mass is 79.9. The molecule has 100 valence electrons. The largest absolute Gasteiger partial charge is 0.339 e. The fraction of sp³-hybridized carbons (Fsp3) is 0.167. The summed E-state index contributed by atoms with van der Waals surface area (Å²) in [6.45, 7) is 2.01. The minimum Gasteiger partial charge on any atom is -0.339 e. The van der Waals surface area contributed by atoms with Crippen LogP contribution in [0.2, 0.25) is 5.02 Å². The molecular formula is C12H13BrClN5. The first-order valence-corrected chi connectivity index (χ1v) is 6.85. The maximum atomic E-state index is 5.99. The summed E-state index contributed by atoms with van der Waals surface area (Å²) >= 11 is 9.45. The lowest BCUT2D eigenvalue weighted by Crippen LogP contribution is -2.13. The van der Waals surface area contributed by atoms with Crippen molar-refractivity contribution in [2.75, 3.05) is 10.7 Å². The van der Waals surface area contributed by atoms with Gasteiger partial charge in [-0.15, -0.1) is 0 Å². The molecule has 2 aromatic rings. The first-order valence-electron chi connectivity index (χ1n) is 5.68. The molecule has 0 bridgehead atoms. The summed E-state index contributed by atoms with van der Waals surface area (Å²) < 4.78 is 0.903. The topological polar surface area (TPSA) is 75.9 Å². The molecule has 7 heteroatoms. The predicted octanol–water partition coefficient (Wildman–Crippen LogP) is 3.48. The number of hydrogen-bond acceptors (Lipinski definition) is 5. The lowest BCUT2D eigenvalue weighted by molar-refractivity contribution is 1.04. The zero-order valence-electron chi connectivity index (χ0n) is 10.2. The average Bonchev–Trinajstić information content (AvgIpc) is 2.42. The second-order valence-corrected chi connectivity index (χ2v) is 5.09. The van der Waals surface area contributed by atoms with E-state index in [0.29, 0.717) is 16.7 Å². The summed E-state index contributed by atoms with van der Waals surface area (Å²) in [6, 6.07) is 5.51. The number of benzene rings is 1. The lowest BCUT2D eigenvalue weighted by atomic mass is 10.2. The standard InChI is InChI=1S/C12H13BrClN5/c1-2-8-11(16-6-17-12(8)19-15)18-10-5-7(14)3-4-9(10)13/h3-6H,2,15H2,1H3,(H2,16,17,18,19). The van der Waals surface area contributed by atoms with E-state index in [1.165, 1.54) is 6.33 Å². The van der Waals surface area contributed by atoms with E-state index in [0.717, 1.165) is 22.1 Å². The third-order valence-corrected chi connectivity index (χ3v) is 3.54. The van der Waals surface area contributed by atoms with Crippen molar-refractivity contribution in [1.82, 2.24) is 9.97 Å². The van der Waals surface area contributed by atoms with Gasteiger partial charge in [0.2, 0.25) is 0 Å². The molecule has 0 fully saturated rings. The summed E-state index contributed by atoms with van der Waals surface area (Å²) in [4.78, 5) is 8.33. The van der Waals surface area contributed by atoms with Crippen molar-refractivity contribution in [3.05, 3.63) is 39.6 Å². The van der Waals surface area contributed by atoms with E-state index in [2.05, 4.69) is 36.6 Å². The maximum absolute atomic E-state index is 5.99. The highest BCUT2D eigenvalue weighted by molar-refractivity contribution is 9.10. The Hall–Kier alpha value is -1.37. The predicted molar refractivity (Wildman–Crippen MR) is 81.7 cm³/mol. The molecule has 2 rings (SSSR count). The Bertz CT molecular complexity index is 590. The molecule has 0 amide bonds. The van der Waals surface area contributed by atoms with Crippen molar-refractivity contribution < 1.29 is 0 Å². The monoisotopic (exact) mass is 341 g/mol. The van der Waals surface area contributed by atoms with Crippen LogP contribution in [0, 0.1) is 0 Å². The van der Waals surface area contributed by atoms with Gasteiger partial charge >= 0.3 is 0 Å². The second kappa shape index (κ2) is 6.18. The van der Waals surface area contributed by atoms with E-state index >= 15 is 0 Å². The number of rotatable bonds is 4. The Kier molecular flexibility index (Phi) is 4.57. The molecule has 0 saturated heterocycles. The van der Waals surface area contributed by atoms with Crippen LogP contribution in [0.5, 0.6) is 0 Å². The molecule has 4 N–H and O–H groups in total. The van der Waals surface area contributed by atoms with Crippen LogP contribution in [-0.2, 0) is 6.42 Å². The van der Waals surface area contributed by atoms with Gasteiger partial charge in [0.05, 0.1) is 5.69 Å². The normalized spacial score (nSPS) is 10.3. The quantitative estimate of drug-likeness (QED) is 0.586. The second-order valence-electron chi connectivity index (χ2n) is 3.80. The van der Waals surface area contributed by atoms with Crippen molar-refractivity contribution >= 4 is 44.9 Å². The molecule has 5 nitrogen and oxygen atoms in total. The molecule has 1 aromatic heterocycles. The van der Waals surface area contributed by atoms with Crippen LogP contribution in [0.25, 0.3) is 0 Å². The Balaban J connectivity index is 2.40. The lowest BCUT2D eigenvalue weighted by Gasteiger charge is -2.13. The highest BCUT2D eigenvalue weighted by Gasteiger charge is 2.10. The molecule has 0 unspecified atom stereocenters. The van der Waals surface area contributed by atoms with Gasteiger partial charge in [-0.05, 0) is 40.5 Å². The Morgan fingerprint density at radius 2 is 2.05 bits per heavy atom. The first kappa shape index (κ1) is 14.0. The molecule has 0 saturated carbocycles. The van der Waals surface area contributed by atoms with E-state index in [4.69, 9.17) is 17.4 Å². The van der Waals surface area contributed by atoms with Gasteiger partial charge in [0.15, 0.2) is 0 Å². The summed E-state index contributed by atoms with van der Waals surface area (Å²) in [7, 11) is 0. The first-order chi connectivity index (χ1) is 9.15. The van der Waals surface area contributed by atoms with E-state index in [1.807, 2.05) is 25.1 Å². The van der Waals surface area contributed by atoms with Crippen LogP contribution in [-0.4, -0.2) is 9.97 Å². The molecule has 0 aliphatic rings. The van der Waals surface area contributed by atoms with E-state index in [9.17, 15) is 0 Å². The zero-order chi connectivity index (χ0) is 13.8. The fourth-order valence-electron chi connectivity index (χ4n) is 1.70. The van der Waals surface area contributed by atoms with Crippen LogP contribution in [0.1, 0.15) is 12.5 Å². The molecule has 0 aliphatic heterocycles. The number of hydrazine groups is 1. The van der Waals surface area contributed by atoms with Gasteiger partial charge < -0.3 is 10.7 Å². The minimum atomic E-state index is 0.609. The van der Waals surface area contributed by atoms with Gasteiger partial charge in [-0.3, -0.25) is 0 Å². The Morgan fingerprint density at radius 1 is 1.32 bits per heavy atom. The third-order valence-electron chi connectivity index (χ3n) is 2.62. The van der Waals surface area contributed by atoms with Crippen molar-refractivity contribution in [1.29, 1.82) is 0 Å². The van der Waals surface area contributed by atoms with Gasteiger partial charge in [-0.1, -0.05) is 18.5 Å². The molecule has 1 aromatic carbocycles. The van der Waals surface area contributed by atoms with Gasteiger partial charge in [0, 0.05) is 15.1 Å². The molecular weight excluding hydrogens is 330 g/mol. The number of hydrogen-bond donors (Lipinski definition) is 3. The molecule has 19 heavy (non-hydrogen) atoms. The zero-order valence-corrected chi connectivity index (χ0v) is 12.6. The van der Waals surface area contributed by atoms with Crippen LogP contribution >= 0.6 is 27.5 Å². The van der Waals surface area contributed by atoms with Crippen LogP contribution < -0.4 is 16.6 Å². The molecule has 0 spiro atoms. The van der Waals surface area contributed by atoms with Gasteiger partial charge in [0.1, 0.15) is 18.0 Å². The maximum Gasteiger partial charge on any atom is 0.148 e. The van der Waals surface area contributed by atoms with Crippen LogP contribution in [0.3, 0.4) is 0 Å². The third kappa shape index (κ3) is 3.15. The number of anilines is 3. The van der Waals surface area contributed by atoms with Crippen molar-refractivity contribution in [2.24, 2.45) is 5.84 Å². The SMILES string of the molecule is CCc1c(NN)ncnc1Nc1cc(Cl)ccc1Br. The smallest absolute Gasteiger partial charge is 0.148 e. The van der Waals surface area contributed by atoms with E-state index < -0.39 is 0 Å². The van der Waals surface area contributed by atoms with Gasteiger partial charge in [-0.25, -0.2) is 15.8 Å². The summed E-state index contributed by atoms with van der Waals surface area (Å²) in [5.41, 5.74) is 4.32. The Morgan fingerprint density at radius 3 is 2.74 bits per heavy atom. The summed E-state index contributed by atoms with van der Waals surface area (Å²) in [6.07, 6.45) is 2.20. The summed E-state index contributed by atoms with van der Waals surface area (Å²) in [5, 5.41) is 3.88. The van der Waals surface area contributed by atoms with Gasteiger partial charge in [-0.2, -0.15) is 0 Å². The van der Waals surface area contributed by atoms with E-state index in [1.54, 1.807) is 0 Å². The van der Waals surface area contributed by atoms with Crippen molar-refractivity contribution in [2.45, 2.75) is 13.3 Å². The number of aromatic nitrogens is 2. The molecule has 1 heterocycles. The van der Waals surface area contributed by atoms with Crippen LogP contribution in [0.4, 0.5) is 17.3 Å². The Labute approximate surface area is 124 Å². The molecule has 0 aliphatic carbocycles. The van der Waals surface area contributed by atoms with Crippen molar-refractivity contribution in [3.8, 4) is 0 Å². The number of nitrogens with zero attached hydrogens (tertiary/aromatic N) is 2. The van der Waals surface area contributed by atoms with Gasteiger partial charge in [0.25, 0.3) is 0 Å². The number of nitrogens with one attached hydrogen (secondary N) is 2. The molecule has 0 atom stereocenters. The van der Waals surface area contributed by atoms with E-state index in [-0.39, 0.29) is 0 Å². The number of nitrogens with two attached hydrogens (primary N) is 1. The fourth-order valence-corrected chi connectivity index (χ4v) is 2.22. The number of nitrogen functional groups attached to an aromatic ring is 1. The highest BCUT2D eigenvalue weighted by Crippen LogP contribution is 2.30. The summed E-state index contributed by atoms with van der Waals surface area (Å²) in [5.74, 6) is 6.76. The molecule has 0 radical (unpaired) electrons.